The van der Waals surface area contributed by atoms with Crippen molar-refractivity contribution in [2.24, 2.45) is 5.84 Å². The topological polar surface area (TPSA) is 78.6 Å². The zero-order chi connectivity index (χ0) is 12.7. The summed E-state index contributed by atoms with van der Waals surface area (Å²) >= 11 is 0. The van der Waals surface area contributed by atoms with E-state index in [4.69, 9.17) is 10.9 Å². The Labute approximate surface area is 101 Å². The zero-order valence-corrected chi connectivity index (χ0v) is 9.97. The highest BCUT2D eigenvalue weighted by Crippen LogP contribution is 2.20. The van der Waals surface area contributed by atoms with Crippen LogP contribution in [0.5, 0.6) is 0 Å². The maximum atomic E-state index is 11.8. The molecular formula is C12H19N3O2. The number of hydrazine groups is 1. The molecule has 0 fully saturated rings. The van der Waals surface area contributed by atoms with E-state index in [2.05, 4.69) is 5.43 Å². The Morgan fingerprint density at radius 3 is 2.59 bits per heavy atom. The van der Waals surface area contributed by atoms with Crippen LogP contribution in [-0.2, 0) is 4.79 Å². The molecule has 1 unspecified atom stereocenters. The molecule has 0 saturated heterocycles. The first kappa shape index (κ1) is 13.6. The van der Waals surface area contributed by atoms with Crippen LogP contribution in [0.4, 0.5) is 0 Å². The van der Waals surface area contributed by atoms with Crippen molar-refractivity contribution in [3.63, 3.8) is 0 Å². The van der Waals surface area contributed by atoms with Crippen LogP contribution >= 0.6 is 0 Å². The summed E-state index contributed by atoms with van der Waals surface area (Å²) in [5.41, 5.74) is 3.04. The largest absolute Gasteiger partial charge is 0.395 e. The Bertz CT molecular complexity index is 343. The molecule has 0 spiro atoms. The maximum absolute atomic E-state index is 11.8. The molecule has 5 heteroatoms. The molecule has 94 valence electrons. The Hall–Kier alpha value is -1.43. The highest BCUT2D eigenvalue weighted by Gasteiger charge is 2.25. The summed E-state index contributed by atoms with van der Waals surface area (Å²) in [6, 6.07) is 8.93. The fourth-order valence-corrected chi connectivity index (χ4v) is 1.84. The molecule has 0 aliphatic rings. The third-order valence-electron chi connectivity index (χ3n) is 2.66. The predicted molar refractivity (Wildman–Crippen MR) is 65.8 cm³/mol. The van der Waals surface area contributed by atoms with E-state index in [1.807, 2.05) is 42.2 Å². The monoisotopic (exact) mass is 237 g/mol. The van der Waals surface area contributed by atoms with Crippen molar-refractivity contribution in [2.75, 3.05) is 19.7 Å². The van der Waals surface area contributed by atoms with Gasteiger partial charge in [-0.05, 0) is 12.1 Å². The van der Waals surface area contributed by atoms with E-state index in [1.54, 1.807) is 0 Å². The molecule has 5 nitrogen and oxygen atoms in total. The lowest BCUT2D eigenvalue weighted by molar-refractivity contribution is -0.126. The molecule has 0 bridgehead atoms. The number of aliphatic hydroxyl groups excluding tert-OH is 1. The van der Waals surface area contributed by atoms with Crippen molar-refractivity contribution in [3.8, 4) is 0 Å². The summed E-state index contributed by atoms with van der Waals surface area (Å²) in [4.78, 5) is 13.7. The van der Waals surface area contributed by atoms with Crippen LogP contribution in [0.3, 0.4) is 0 Å². The van der Waals surface area contributed by atoms with Gasteiger partial charge in [0.05, 0.1) is 6.61 Å². The molecule has 1 aromatic carbocycles. The second kappa shape index (κ2) is 7.01. The second-order valence-electron chi connectivity index (χ2n) is 3.67. The van der Waals surface area contributed by atoms with Crippen molar-refractivity contribution in [1.29, 1.82) is 0 Å². The third kappa shape index (κ3) is 3.52. The van der Waals surface area contributed by atoms with Crippen LogP contribution in [0, 0.1) is 0 Å². The molecule has 0 radical (unpaired) electrons. The SMILES string of the molecule is CCN(CCO)C(C(=O)NN)c1ccccc1. The third-order valence-corrected chi connectivity index (χ3v) is 2.66. The van der Waals surface area contributed by atoms with Crippen LogP contribution in [0.25, 0.3) is 0 Å². The number of likely N-dealkylation sites (N-methyl/N-ethyl adjacent to an activating group) is 1. The molecule has 0 aliphatic carbocycles. The average molecular weight is 237 g/mol. The first-order chi connectivity index (χ1) is 8.24. The molecule has 1 atom stereocenters. The van der Waals surface area contributed by atoms with Crippen LogP contribution in [0.15, 0.2) is 30.3 Å². The van der Waals surface area contributed by atoms with Gasteiger partial charge >= 0.3 is 0 Å². The van der Waals surface area contributed by atoms with Gasteiger partial charge in [0, 0.05) is 6.54 Å². The summed E-state index contributed by atoms with van der Waals surface area (Å²) in [7, 11) is 0. The Kier molecular flexibility index (Phi) is 5.62. The van der Waals surface area contributed by atoms with E-state index in [1.165, 1.54) is 0 Å². The Morgan fingerprint density at radius 1 is 1.47 bits per heavy atom. The quantitative estimate of drug-likeness (QED) is 0.370. The van der Waals surface area contributed by atoms with E-state index in [-0.39, 0.29) is 12.5 Å². The number of carbonyl (C=O) groups is 1. The minimum Gasteiger partial charge on any atom is -0.395 e. The number of amides is 1. The molecular weight excluding hydrogens is 218 g/mol. The van der Waals surface area contributed by atoms with Gasteiger partial charge < -0.3 is 5.11 Å². The standard InChI is InChI=1S/C12H19N3O2/c1-2-15(8-9-16)11(12(17)14-13)10-6-4-3-5-7-10/h3-7,11,16H,2,8-9,13H2,1H3,(H,14,17). The summed E-state index contributed by atoms with van der Waals surface area (Å²) in [6.07, 6.45) is 0. The number of nitrogens with two attached hydrogens (primary N) is 1. The molecule has 1 amide bonds. The summed E-state index contributed by atoms with van der Waals surface area (Å²) in [5, 5.41) is 9.01. The van der Waals surface area contributed by atoms with Crippen molar-refractivity contribution in [2.45, 2.75) is 13.0 Å². The predicted octanol–water partition coefficient (Wildman–Crippen LogP) is 0.0318. The molecule has 1 rings (SSSR count). The van der Waals surface area contributed by atoms with Gasteiger partial charge in [0.1, 0.15) is 6.04 Å². The fraction of sp³-hybridized carbons (Fsp3) is 0.417. The highest BCUT2D eigenvalue weighted by atomic mass is 16.3. The maximum Gasteiger partial charge on any atom is 0.255 e. The van der Waals surface area contributed by atoms with Gasteiger partial charge in [0.15, 0.2) is 0 Å². The molecule has 0 aromatic heterocycles. The number of hydrogen-bond donors (Lipinski definition) is 3. The lowest BCUT2D eigenvalue weighted by atomic mass is 10.0. The van der Waals surface area contributed by atoms with Crippen LogP contribution in [0.1, 0.15) is 18.5 Å². The number of hydrogen-bond acceptors (Lipinski definition) is 4. The number of rotatable bonds is 6. The van der Waals surface area contributed by atoms with E-state index < -0.39 is 6.04 Å². The number of carbonyl (C=O) groups excluding carboxylic acids is 1. The van der Waals surface area contributed by atoms with Crippen LogP contribution < -0.4 is 11.3 Å². The van der Waals surface area contributed by atoms with Gasteiger partial charge in [-0.25, -0.2) is 5.84 Å². The van der Waals surface area contributed by atoms with Gasteiger partial charge in [-0.15, -0.1) is 0 Å². The van der Waals surface area contributed by atoms with E-state index in [9.17, 15) is 4.79 Å². The molecule has 4 N–H and O–H groups in total. The average Bonchev–Trinajstić information content (AvgIpc) is 2.39. The Balaban J connectivity index is 2.98. The molecule has 17 heavy (non-hydrogen) atoms. The van der Waals surface area contributed by atoms with E-state index in [0.29, 0.717) is 13.1 Å². The minimum atomic E-state index is -0.460. The number of aliphatic hydroxyl groups is 1. The van der Waals surface area contributed by atoms with Crippen molar-refractivity contribution in [3.05, 3.63) is 35.9 Å². The first-order valence-electron chi connectivity index (χ1n) is 5.64. The van der Waals surface area contributed by atoms with Crippen LogP contribution in [0.2, 0.25) is 0 Å². The zero-order valence-electron chi connectivity index (χ0n) is 9.97. The molecule has 0 aliphatic heterocycles. The highest BCUT2D eigenvalue weighted by molar-refractivity contribution is 5.82. The van der Waals surface area contributed by atoms with Crippen molar-refractivity contribution in [1.82, 2.24) is 10.3 Å². The van der Waals surface area contributed by atoms with Crippen LogP contribution in [-0.4, -0.2) is 35.6 Å². The molecule has 1 aromatic rings. The normalized spacial score (nSPS) is 12.5. The van der Waals surface area contributed by atoms with Gasteiger partial charge in [-0.2, -0.15) is 0 Å². The van der Waals surface area contributed by atoms with Gasteiger partial charge in [0.2, 0.25) is 0 Å². The smallest absolute Gasteiger partial charge is 0.255 e. The summed E-state index contributed by atoms with van der Waals surface area (Å²) < 4.78 is 0. The van der Waals surface area contributed by atoms with Gasteiger partial charge in [-0.3, -0.25) is 15.1 Å². The van der Waals surface area contributed by atoms with Crippen molar-refractivity contribution < 1.29 is 9.90 Å². The molecule has 0 heterocycles. The lowest BCUT2D eigenvalue weighted by Crippen LogP contribution is -2.44. The lowest BCUT2D eigenvalue weighted by Gasteiger charge is -2.28. The van der Waals surface area contributed by atoms with Crippen molar-refractivity contribution >= 4 is 5.91 Å². The van der Waals surface area contributed by atoms with E-state index >= 15 is 0 Å². The minimum absolute atomic E-state index is 0.00895. The number of benzene rings is 1. The Morgan fingerprint density at radius 2 is 2.12 bits per heavy atom. The summed E-state index contributed by atoms with van der Waals surface area (Å²) in [5.74, 6) is 4.94. The van der Waals surface area contributed by atoms with Gasteiger partial charge in [-0.1, -0.05) is 37.3 Å². The first-order valence-corrected chi connectivity index (χ1v) is 5.64. The van der Waals surface area contributed by atoms with Gasteiger partial charge in [0.25, 0.3) is 5.91 Å². The number of nitrogens with one attached hydrogen (secondary N) is 1. The fourth-order valence-electron chi connectivity index (χ4n) is 1.84. The second-order valence-corrected chi connectivity index (χ2v) is 3.67. The number of nitrogens with zero attached hydrogens (tertiary/aromatic N) is 1. The summed E-state index contributed by atoms with van der Waals surface area (Å²) in [6.45, 7) is 3.04. The van der Waals surface area contributed by atoms with E-state index in [0.717, 1.165) is 5.56 Å². The molecule has 0 saturated carbocycles.